The van der Waals surface area contributed by atoms with Gasteiger partial charge in [0.2, 0.25) is 5.91 Å². The van der Waals surface area contributed by atoms with Gasteiger partial charge in [0.15, 0.2) is 0 Å². The van der Waals surface area contributed by atoms with E-state index in [0.29, 0.717) is 35.4 Å². The summed E-state index contributed by atoms with van der Waals surface area (Å²) in [7, 11) is 0. The third-order valence-corrected chi connectivity index (χ3v) is 6.07. The number of thiophene rings is 1. The minimum Gasteiger partial charge on any atom is -0.467 e. The van der Waals surface area contributed by atoms with E-state index in [-0.39, 0.29) is 12.5 Å². The summed E-state index contributed by atoms with van der Waals surface area (Å²) >= 11 is 7.51. The number of carbonyl (C=O) groups is 1. The number of furan rings is 1. The third kappa shape index (κ3) is 5.03. The minimum atomic E-state index is -0.200. The number of nitrogens with one attached hydrogen (secondary N) is 1. The van der Waals surface area contributed by atoms with Gasteiger partial charge in [0.25, 0.3) is 0 Å². The molecule has 0 aliphatic rings. The zero-order chi connectivity index (χ0) is 21.7. The second-order valence-corrected chi connectivity index (χ2v) is 8.72. The molecule has 6 nitrogen and oxygen atoms in total. The van der Waals surface area contributed by atoms with Gasteiger partial charge in [0, 0.05) is 23.7 Å². The Labute approximate surface area is 185 Å². The molecule has 8 heteroatoms. The van der Waals surface area contributed by atoms with Gasteiger partial charge in [0.05, 0.1) is 29.3 Å². The number of hydrogen-bond acceptors (Lipinski definition) is 5. The lowest BCUT2D eigenvalue weighted by Crippen LogP contribution is -2.33. The number of nitriles is 1. The van der Waals surface area contributed by atoms with Crippen molar-refractivity contribution in [2.45, 2.75) is 26.9 Å². The highest BCUT2D eigenvalue weighted by atomic mass is 35.5. The van der Waals surface area contributed by atoms with Gasteiger partial charge in [-0.05, 0) is 43.7 Å². The second kappa shape index (κ2) is 9.81. The molecule has 0 atom stereocenters. The van der Waals surface area contributed by atoms with Gasteiger partial charge in [-0.3, -0.25) is 9.69 Å². The van der Waals surface area contributed by atoms with Crippen molar-refractivity contribution in [1.82, 2.24) is 9.47 Å². The number of halogens is 1. The number of hydrogen-bond donors (Lipinski definition) is 1. The maximum absolute atomic E-state index is 12.9. The summed E-state index contributed by atoms with van der Waals surface area (Å²) in [5, 5.41) is 12.6. The lowest BCUT2D eigenvalue weighted by atomic mass is 10.2. The maximum atomic E-state index is 12.9. The van der Waals surface area contributed by atoms with Gasteiger partial charge in [-0.25, -0.2) is 0 Å². The van der Waals surface area contributed by atoms with Crippen LogP contribution < -0.4 is 5.32 Å². The molecule has 0 unspecified atom stereocenters. The SMILES string of the molecule is C=CCN(CC(=O)Nc1c(C#N)c(C)c(C)n1Cc1ccco1)Cc1ccc(Cl)s1. The molecule has 1 N–H and O–H groups in total. The van der Waals surface area contributed by atoms with Crippen LogP contribution in [-0.2, 0) is 17.9 Å². The molecule has 156 valence electrons. The van der Waals surface area contributed by atoms with Gasteiger partial charge in [-0.2, -0.15) is 5.26 Å². The highest BCUT2D eigenvalue weighted by molar-refractivity contribution is 7.16. The van der Waals surface area contributed by atoms with Crippen molar-refractivity contribution in [2.24, 2.45) is 0 Å². The second-order valence-electron chi connectivity index (χ2n) is 6.92. The first-order valence-corrected chi connectivity index (χ1v) is 10.6. The molecular weight excluding hydrogens is 420 g/mol. The van der Waals surface area contributed by atoms with Crippen molar-refractivity contribution in [3.63, 3.8) is 0 Å². The van der Waals surface area contributed by atoms with Crippen LogP contribution in [0.4, 0.5) is 5.82 Å². The number of nitrogens with zero attached hydrogens (tertiary/aromatic N) is 3. The molecular formula is C22H23ClN4O2S. The Bertz CT molecular complexity index is 1080. The Kier molecular flexibility index (Phi) is 7.16. The van der Waals surface area contributed by atoms with E-state index in [9.17, 15) is 10.1 Å². The van der Waals surface area contributed by atoms with E-state index < -0.39 is 0 Å². The van der Waals surface area contributed by atoms with Crippen molar-refractivity contribution in [1.29, 1.82) is 5.26 Å². The van der Waals surface area contributed by atoms with Crippen LogP contribution in [-0.4, -0.2) is 28.5 Å². The Hall–Kier alpha value is -2.79. The molecule has 0 aliphatic carbocycles. The molecule has 0 spiro atoms. The molecule has 0 bridgehead atoms. The largest absolute Gasteiger partial charge is 0.467 e. The van der Waals surface area contributed by atoms with Gasteiger partial charge in [-0.1, -0.05) is 17.7 Å². The van der Waals surface area contributed by atoms with Crippen LogP contribution in [0.2, 0.25) is 4.34 Å². The van der Waals surface area contributed by atoms with Crippen LogP contribution in [0.5, 0.6) is 0 Å². The van der Waals surface area contributed by atoms with Gasteiger partial charge in [0.1, 0.15) is 17.6 Å². The van der Waals surface area contributed by atoms with Crippen molar-refractivity contribution in [3.8, 4) is 6.07 Å². The predicted molar refractivity (Wildman–Crippen MR) is 120 cm³/mol. The molecule has 0 fully saturated rings. The Morgan fingerprint density at radius 1 is 1.43 bits per heavy atom. The smallest absolute Gasteiger partial charge is 0.239 e. The molecule has 3 heterocycles. The molecule has 0 aromatic carbocycles. The van der Waals surface area contributed by atoms with Crippen molar-refractivity contribution >= 4 is 34.7 Å². The van der Waals surface area contributed by atoms with Gasteiger partial charge >= 0.3 is 0 Å². The summed E-state index contributed by atoms with van der Waals surface area (Å²) in [5.41, 5.74) is 2.22. The topological polar surface area (TPSA) is 74.2 Å². The number of amides is 1. The average Bonchev–Trinajstić information content (AvgIpc) is 3.41. The standard InChI is InChI=1S/C22H23ClN4O2S/c1-4-9-26(13-18-7-8-20(23)30-18)14-21(28)25-22-19(11-24)15(2)16(3)27(22)12-17-6-5-10-29-17/h4-8,10H,1,9,12-14H2,2-3H3,(H,25,28). The first-order valence-electron chi connectivity index (χ1n) is 9.42. The Balaban J connectivity index is 1.79. The quantitative estimate of drug-likeness (QED) is 0.475. The van der Waals surface area contributed by atoms with E-state index in [1.165, 1.54) is 11.3 Å². The monoisotopic (exact) mass is 442 g/mol. The van der Waals surface area contributed by atoms with Crippen molar-refractivity contribution < 1.29 is 9.21 Å². The van der Waals surface area contributed by atoms with Crippen LogP contribution in [0, 0.1) is 25.2 Å². The molecule has 0 saturated carbocycles. The van der Waals surface area contributed by atoms with E-state index in [0.717, 1.165) is 21.9 Å². The third-order valence-electron chi connectivity index (χ3n) is 4.86. The molecule has 3 aromatic heterocycles. The molecule has 1 amide bonds. The molecule has 3 rings (SSSR count). The van der Waals surface area contributed by atoms with Crippen LogP contribution >= 0.6 is 22.9 Å². The fourth-order valence-corrected chi connectivity index (χ4v) is 4.42. The summed E-state index contributed by atoms with van der Waals surface area (Å²) < 4.78 is 8.08. The molecule has 0 aliphatic heterocycles. The first kappa shape index (κ1) is 21.9. The van der Waals surface area contributed by atoms with Gasteiger partial charge < -0.3 is 14.3 Å². The van der Waals surface area contributed by atoms with E-state index in [4.69, 9.17) is 16.0 Å². The van der Waals surface area contributed by atoms with E-state index in [1.54, 1.807) is 12.3 Å². The molecule has 0 radical (unpaired) electrons. The van der Waals surface area contributed by atoms with Crippen LogP contribution in [0.1, 0.15) is 27.5 Å². The Morgan fingerprint density at radius 2 is 2.23 bits per heavy atom. The molecule has 0 saturated heterocycles. The lowest BCUT2D eigenvalue weighted by Gasteiger charge is -2.20. The fourth-order valence-electron chi connectivity index (χ4n) is 3.29. The minimum absolute atomic E-state index is 0.163. The molecule has 30 heavy (non-hydrogen) atoms. The summed E-state index contributed by atoms with van der Waals surface area (Å²) in [5.74, 6) is 1.04. The van der Waals surface area contributed by atoms with E-state index in [1.807, 2.05) is 47.6 Å². The van der Waals surface area contributed by atoms with E-state index in [2.05, 4.69) is 18.0 Å². The summed E-state index contributed by atoms with van der Waals surface area (Å²) in [6, 6.07) is 9.70. The van der Waals surface area contributed by atoms with Crippen LogP contribution in [0.3, 0.4) is 0 Å². The normalized spacial score (nSPS) is 10.9. The van der Waals surface area contributed by atoms with E-state index >= 15 is 0 Å². The summed E-state index contributed by atoms with van der Waals surface area (Å²) in [4.78, 5) is 15.9. The summed E-state index contributed by atoms with van der Waals surface area (Å²) in [6.07, 6.45) is 3.37. The van der Waals surface area contributed by atoms with Crippen LogP contribution in [0.15, 0.2) is 47.6 Å². The highest BCUT2D eigenvalue weighted by Crippen LogP contribution is 2.28. The Morgan fingerprint density at radius 3 is 2.83 bits per heavy atom. The van der Waals surface area contributed by atoms with Gasteiger partial charge in [-0.15, -0.1) is 17.9 Å². The van der Waals surface area contributed by atoms with Crippen molar-refractivity contribution in [3.05, 3.63) is 75.0 Å². The number of carbonyl (C=O) groups excluding carboxylic acids is 1. The fraction of sp³-hybridized carbons (Fsp3) is 0.273. The highest BCUT2D eigenvalue weighted by Gasteiger charge is 2.21. The van der Waals surface area contributed by atoms with Crippen molar-refractivity contribution in [2.75, 3.05) is 18.4 Å². The number of aromatic nitrogens is 1. The predicted octanol–water partition coefficient (Wildman–Crippen LogP) is 4.96. The average molecular weight is 443 g/mol. The zero-order valence-electron chi connectivity index (χ0n) is 16.9. The molecule has 3 aromatic rings. The summed E-state index contributed by atoms with van der Waals surface area (Å²) in [6.45, 7) is 9.34. The maximum Gasteiger partial charge on any atom is 0.239 e. The van der Waals surface area contributed by atoms with Crippen LogP contribution in [0.25, 0.3) is 0 Å². The number of anilines is 1. The lowest BCUT2D eigenvalue weighted by molar-refractivity contribution is -0.117. The number of rotatable bonds is 9. The zero-order valence-corrected chi connectivity index (χ0v) is 18.5. The first-order chi connectivity index (χ1) is 14.4.